The summed E-state index contributed by atoms with van der Waals surface area (Å²) in [5, 5.41) is 3.64. The topological polar surface area (TPSA) is 82.5 Å². The van der Waals surface area contributed by atoms with Crippen LogP contribution >= 0.6 is 11.3 Å². The van der Waals surface area contributed by atoms with E-state index in [9.17, 15) is 9.59 Å². The minimum Gasteiger partial charge on any atom is -0.490 e. The van der Waals surface area contributed by atoms with Crippen molar-refractivity contribution >= 4 is 27.5 Å². The van der Waals surface area contributed by atoms with Gasteiger partial charge in [-0.05, 0) is 57.9 Å². The van der Waals surface area contributed by atoms with Crippen molar-refractivity contribution in [3.05, 3.63) is 50.9 Å². The molecule has 0 fully saturated rings. The van der Waals surface area contributed by atoms with E-state index in [0.29, 0.717) is 30.1 Å². The lowest BCUT2D eigenvalue weighted by atomic mass is 10.1. The normalized spacial score (nSPS) is 12.0. The second-order valence-electron chi connectivity index (χ2n) is 7.32. The summed E-state index contributed by atoms with van der Waals surface area (Å²) in [6.07, 6.45) is 1.71. The highest BCUT2D eigenvalue weighted by atomic mass is 32.1. The number of carbonyl (C=O) groups excluding carboxylic acids is 1. The third kappa shape index (κ3) is 5.07. The first-order valence-electron chi connectivity index (χ1n) is 10.5. The number of hydrogen-bond acceptors (Lipinski definition) is 6. The van der Waals surface area contributed by atoms with Crippen LogP contribution in [0.5, 0.6) is 11.5 Å². The Morgan fingerprint density at radius 1 is 1.19 bits per heavy atom. The predicted molar refractivity (Wildman–Crippen MR) is 123 cm³/mol. The second-order valence-corrected chi connectivity index (χ2v) is 8.52. The first-order valence-corrected chi connectivity index (χ1v) is 11.3. The Morgan fingerprint density at radius 3 is 2.61 bits per heavy atom. The van der Waals surface area contributed by atoms with Crippen LogP contribution in [0, 0.1) is 13.8 Å². The molecular weight excluding hydrogens is 414 g/mol. The maximum atomic E-state index is 12.8. The van der Waals surface area contributed by atoms with Gasteiger partial charge in [-0.25, -0.2) is 4.98 Å². The lowest BCUT2D eigenvalue weighted by molar-refractivity contribution is -0.121. The van der Waals surface area contributed by atoms with Gasteiger partial charge in [0.2, 0.25) is 5.91 Å². The van der Waals surface area contributed by atoms with E-state index in [2.05, 4.69) is 10.3 Å². The quantitative estimate of drug-likeness (QED) is 0.537. The molecule has 1 aromatic carbocycles. The fraction of sp³-hybridized carbons (Fsp3) is 0.435. The Kier molecular flexibility index (Phi) is 7.33. The van der Waals surface area contributed by atoms with Crippen LogP contribution in [-0.4, -0.2) is 28.7 Å². The molecule has 1 atom stereocenters. The molecule has 3 rings (SSSR count). The summed E-state index contributed by atoms with van der Waals surface area (Å²) in [7, 11) is 0. The number of benzene rings is 1. The summed E-state index contributed by atoms with van der Waals surface area (Å²) in [5.74, 6) is 1.22. The van der Waals surface area contributed by atoms with Crippen LogP contribution in [-0.2, 0) is 11.3 Å². The first kappa shape index (κ1) is 22.8. The van der Waals surface area contributed by atoms with Crippen molar-refractivity contribution in [2.45, 2.75) is 53.6 Å². The maximum absolute atomic E-state index is 12.8. The van der Waals surface area contributed by atoms with Crippen molar-refractivity contribution in [2.75, 3.05) is 13.2 Å². The number of rotatable bonds is 9. The molecule has 0 saturated heterocycles. The molecule has 0 bridgehead atoms. The summed E-state index contributed by atoms with van der Waals surface area (Å²) in [6, 6.07) is 5.46. The SMILES string of the molecule is CCOc1ccc(C(C)NC(=O)CCn2cnc3sc(C)c(C)c3c2=O)cc1OCC. The van der Waals surface area contributed by atoms with Crippen LogP contribution in [0.3, 0.4) is 0 Å². The Balaban J connectivity index is 1.66. The molecular formula is C23H29N3O4S. The summed E-state index contributed by atoms with van der Waals surface area (Å²) in [6.45, 7) is 11.0. The zero-order valence-electron chi connectivity index (χ0n) is 18.7. The van der Waals surface area contributed by atoms with Gasteiger partial charge in [-0.2, -0.15) is 0 Å². The summed E-state index contributed by atoms with van der Waals surface area (Å²) >= 11 is 1.52. The van der Waals surface area contributed by atoms with Gasteiger partial charge in [-0.1, -0.05) is 6.07 Å². The molecule has 2 aromatic heterocycles. The number of nitrogens with one attached hydrogen (secondary N) is 1. The minimum absolute atomic E-state index is 0.0967. The van der Waals surface area contributed by atoms with Gasteiger partial charge in [0.25, 0.3) is 5.56 Å². The molecule has 0 aliphatic heterocycles. The van der Waals surface area contributed by atoms with Crippen molar-refractivity contribution in [1.29, 1.82) is 0 Å². The van der Waals surface area contributed by atoms with E-state index in [1.165, 1.54) is 22.2 Å². The molecule has 0 radical (unpaired) electrons. The van der Waals surface area contributed by atoms with Crippen LogP contribution < -0.4 is 20.3 Å². The van der Waals surface area contributed by atoms with E-state index in [1.54, 1.807) is 0 Å². The standard InChI is InChI=1S/C23H29N3O4S/c1-6-29-18-9-8-17(12-19(18)30-7-2)15(4)25-20(27)10-11-26-13-24-22-21(23(26)28)14(3)16(5)31-22/h8-9,12-13,15H,6-7,10-11H2,1-5H3,(H,25,27). The molecule has 8 heteroatoms. The van der Waals surface area contributed by atoms with E-state index in [0.717, 1.165) is 20.8 Å². The molecule has 0 aliphatic carbocycles. The van der Waals surface area contributed by atoms with E-state index in [4.69, 9.17) is 9.47 Å². The number of fused-ring (bicyclic) bond motifs is 1. The van der Waals surface area contributed by atoms with Gasteiger partial charge < -0.3 is 14.8 Å². The molecule has 1 unspecified atom stereocenters. The number of ether oxygens (including phenoxy) is 2. The van der Waals surface area contributed by atoms with E-state index in [-0.39, 0.29) is 30.5 Å². The monoisotopic (exact) mass is 443 g/mol. The smallest absolute Gasteiger partial charge is 0.262 e. The fourth-order valence-corrected chi connectivity index (χ4v) is 4.37. The molecule has 0 saturated carbocycles. The maximum Gasteiger partial charge on any atom is 0.262 e. The van der Waals surface area contributed by atoms with E-state index in [1.807, 2.05) is 52.8 Å². The van der Waals surface area contributed by atoms with E-state index >= 15 is 0 Å². The highest BCUT2D eigenvalue weighted by Gasteiger charge is 2.15. The van der Waals surface area contributed by atoms with Crippen molar-refractivity contribution in [2.24, 2.45) is 0 Å². The molecule has 3 aromatic rings. The van der Waals surface area contributed by atoms with Gasteiger partial charge in [0, 0.05) is 17.8 Å². The zero-order chi connectivity index (χ0) is 22.5. The highest BCUT2D eigenvalue weighted by Crippen LogP contribution is 2.31. The van der Waals surface area contributed by atoms with Gasteiger partial charge in [-0.3, -0.25) is 14.2 Å². The molecule has 0 spiro atoms. The molecule has 7 nitrogen and oxygen atoms in total. The second kappa shape index (κ2) is 9.96. The van der Waals surface area contributed by atoms with Crippen molar-refractivity contribution < 1.29 is 14.3 Å². The fourth-order valence-electron chi connectivity index (χ4n) is 3.39. The number of thiophene rings is 1. The molecule has 166 valence electrons. The zero-order valence-corrected chi connectivity index (χ0v) is 19.5. The van der Waals surface area contributed by atoms with Crippen LogP contribution in [0.25, 0.3) is 10.2 Å². The van der Waals surface area contributed by atoms with E-state index < -0.39 is 0 Å². The predicted octanol–water partition coefficient (Wildman–Crippen LogP) is 4.14. The summed E-state index contributed by atoms with van der Waals surface area (Å²) in [4.78, 5) is 31.5. The van der Waals surface area contributed by atoms with Gasteiger partial charge in [-0.15, -0.1) is 11.3 Å². The number of hydrogen-bond donors (Lipinski definition) is 1. The molecule has 1 amide bonds. The summed E-state index contributed by atoms with van der Waals surface area (Å²) in [5.41, 5.74) is 1.79. The van der Waals surface area contributed by atoms with Crippen molar-refractivity contribution in [3.8, 4) is 11.5 Å². The van der Waals surface area contributed by atoms with Crippen LogP contribution in [0.15, 0.2) is 29.3 Å². The third-order valence-corrected chi connectivity index (χ3v) is 6.30. The number of aryl methyl sites for hydroxylation is 3. The number of carbonyl (C=O) groups is 1. The lowest BCUT2D eigenvalue weighted by Gasteiger charge is -2.17. The van der Waals surface area contributed by atoms with Crippen molar-refractivity contribution in [3.63, 3.8) is 0 Å². The molecule has 31 heavy (non-hydrogen) atoms. The highest BCUT2D eigenvalue weighted by molar-refractivity contribution is 7.18. The minimum atomic E-state index is -0.207. The first-order chi connectivity index (χ1) is 14.8. The van der Waals surface area contributed by atoms with Crippen LogP contribution in [0.2, 0.25) is 0 Å². The Labute approximate surface area is 186 Å². The van der Waals surface area contributed by atoms with Crippen molar-refractivity contribution in [1.82, 2.24) is 14.9 Å². The molecule has 1 N–H and O–H groups in total. The average molecular weight is 444 g/mol. The van der Waals surface area contributed by atoms with Gasteiger partial charge in [0.15, 0.2) is 11.5 Å². The van der Waals surface area contributed by atoms with Gasteiger partial charge >= 0.3 is 0 Å². The Bertz CT molecular complexity index is 1140. The largest absolute Gasteiger partial charge is 0.490 e. The average Bonchev–Trinajstić information content (AvgIpc) is 3.03. The Hall–Kier alpha value is -2.87. The third-order valence-electron chi connectivity index (χ3n) is 5.18. The summed E-state index contributed by atoms with van der Waals surface area (Å²) < 4.78 is 12.8. The number of nitrogens with zero attached hydrogens (tertiary/aromatic N) is 2. The Morgan fingerprint density at radius 2 is 1.90 bits per heavy atom. The van der Waals surface area contributed by atoms with Crippen LogP contribution in [0.1, 0.15) is 49.2 Å². The molecule has 2 heterocycles. The van der Waals surface area contributed by atoms with Gasteiger partial charge in [0.05, 0.1) is 31.0 Å². The molecule has 0 aliphatic rings. The lowest BCUT2D eigenvalue weighted by Crippen LogP contribution is -2.29. The number of aromatic nitrogens is 2. The van der Waals surface area contributed by atoms with Gasteiger partial charge in [0.1, 0.15) is 4.83 Å². The van der Waals surface area contributed by atoms with Crippen LogP contribution in [0.4, 0.5) is 0 Å². The number of amides is 1.